The average Bonchev–Trinajstić information content (AvgIpc) is 2.71. The fraction of sp³-hybridized carbons (Fsp3) is 0.273. The summed E-state index contributed by atoms with van der Waals surface area (Å²) in [6, 6.07) is 13.6. The highest BCUT2D eigenvalue weighted by atomic mass is 32.2. The lowest BCUT2D eigenvalue weighted by molar-refractivity contribution is -0.122. The summed E-state index contributed by atoms with van der Waals surface area (Å²) < 4.78 is 39.8. The van der Waals surface area contributed by atoms with Crippen molar-refractivity contribution in [2.24, 2.45) is 0 Å². The number of rotatable bonds is 4. The molecule has 0 bridgehead atoms. The molecule has 1 aromatic heterocycles. The van der Waals surface area contributed by atoms with Crippen LogP contribution in [0.25, 0.3) is 10.9 Å². The maximum atomic E-state index is 13.2. The van der Waals surface area contributed by atoms with Gasteiger partial charge in [0.25, 0.3) is 10.0 Å². The van der Waals surface area contributed by atoms with Crippen LogP contribution in [-0.4, -0.2) is 32.0 Å². The second-order valence-electron chi connectivity index (χ2n) is 7.79. The second-order valence-corrected chi connectivity index (χ2v) is 9.44. The third-order valence-electron chi connectivity index (χ3n) is 5.11. The number of sulfonamides is 1. The molecule has 1 N–H and O–H groups in total. The zero-order chi connectivity index (χ0) is 21.5. The normalized spacial score (nSPS) is 17.6. The fourth-order valence-electron chi connectivity index (χ4n) is 3.84. The number of methoxy groups -OCH3 is 1. The van der Waals surface area contributed by atoms with E-state index in [9.17, 15) is 13.2 Å². The molecule has 2 heterocycles. The summed E-state index contributed by atoms with van der Waals surface area (Å²) in [4.78, 5) is 17.4. The molecular formula is C22H22N2O5S. The van der Waals surface area contributed by atoms with Crippen molar-refractivity contribution in [2.45, 2.75) is 36.7 Å². The summed E-state index contributed by atoms with van der Waals surface area (Å²) in [7, 11) is -2.64. The fourth-order valence-corrected chi connectivity index (χ4v) is 5.04. The van der Waals surface area contributed by atoms with Gasteiger partial charge < -0.3 is 9.47 Å². The molecule has 3 aromatic rings. The first-order chi connectivity index (χ1) is 14.2. The minimum Gasteiger partial charge on any atom is -0.496 e. The highest BCUT2D eigenvalue weighted by Gasteiger charge is 2.40. The summed E-state index contributed by atoms with van der Waals surface area (Å²) in [5.74, 6) is -0.398. The van der Waals surface area contributed by atoms with Crippen LogP contribution < -0.4 is 14.2 Å². The van der Waals surface area contributed by atoms with E-state index in [0.717, 1.165) is 0 Å². The van der Waals surface area contributed by atoms with Crippen LogP contribution in [0.1, 0.15) is 31.7 Å². The molecular weight excluding hydrogens is 404 g/mol. The summed E-state index contributed by atoms with van der Waals surface area (Å²) in [6.45, 7) is 3.72. The molecule has 1 aliphatic rings. The van der Waals surface area contributed by atoms with Gasteiger partial charge in [0, 0.05) is 23.6 Å². The van der Waals surface area contributed by atoms with Crippen LogP contribution in [0.3, 0.4) is 0 Å². The Morgan fingerprint density at radius 3 is 2.67 bits per heavy atom. The van der Waals surface area contributed by atoms with Crippen molar-refractivity contribution in [2.75, 3.05) is 7.11 Å². The maximum Gasteiger partial charge on any atom is 0.266 e. The molecule has 0 saturated heterocycles. The van der Waals surface area contributed by atoms with E-state index in [2.05, 4.69) is 9.71 Å². The second kappa shape index (κ2) is 7.28. The van der Waals surface area contributed by atoms with Crippen molar-refractivity contribution >= 4 is 26.8 Å². The van der Waals surface area contributed by atoms with Gasteiger partial charge in [0.05, 0.1) is 18.5 Å². The lowest BCUT2D eigenvalue weighted by Gasteiger charge is -2.37. The molecule has 30 heavy (non-hydrogen) atoms. The van der Waals surface area contributed by atoms with Gasteiger partial charge >= 0.3 is 0 Å². The number of nitrogens with one attached hydrogen (secondary N) is 1. The van der Waals surface area contributed by atoms with E-state index < -0.39 is 27.4 Å². The number of nitrogens with zero attached hydrogens (tertiary/aromatic N) is 1. The van der Waals surface area contributed by atoms with Crippen LogP contribution >= 0.6 is 0 Å². The molecule has 0 spiro atoms. The molecule has 0 saturated carbocycles. The van der Waals surface area contributed by atoms with Gasteiger partial charge in [-0.2, -0.15) is 0 Å². The summed E-state index contributed by atoms with van der Waals surface area (Å²) in [6.07, 6.45) is 1.82. The first-order valence-corrected chi connectivity index (χ1v) is 11.0. The number of ether oxygens (including phenoxy) is 2. The van der Waals surface area contributed by atoms with Crippen LogP contribution in [0.5, 0.6) is 11.5 Å². The lowest BCUT2D eigenvalue weighted by atomic mass is 9.83. The standard InChI is InChI=1S/C22H22N2O5S/c1-22(2)13-15(19-16(28-3)9-5-10-17(19)29-22)21(25)24-30(26,27)18-11-4-7-14-8-6-12-23-20(14)18/h4-12,15H,13H2,1-3H3,(H,24,25). The Morgan fingerprint density at radius 2 is 1.90 bits per heavy atom. The van der Waals surface area contributed by atoms with Crippen LogP contribution in [0.15, 0.2) is 59.6 Å². The Bertz CT molecular complexity index is 1230. The topological polar surface area (TPSA) is 94.6 Å². The van der Waals surface area contributed by atoms with Crippen LogP contribution in [0.4, 0.5) is 0 Å². The van der Waals surface area contributed by atoms with E-state index in [1.54, 1.807) is 42.5 Å². The summed E-state index contributed by atoms with van der Waals surface area (Å²) in [5, 5.41) is 0.673. The number of carbonyl (C=O) groups excluding carboxylic acids is 1. The van der Waals surface area contributed by atoms with Gasteiger partial charge in [0.1, 0.15) is 22.0 Å². The molecule has 0 fully saturated rings. The minimum atomic E-state index is -4.14. The van der Waals surface area contributed by atoms with Crippen molar-refractivity contribution in [3.05, 3.63) is 60.3 Å². The van der Waals surface area contributed by atoms with Crippen LogP contribution in [0, 0.1) is 0 Å². The number of hydrogen-bond acceptors (Lipinski definition) is 6. The van der Waals surface area contributed by atoms with Crippen LogP contribution in [-0.2, 0) is 14.8 Å². The Kier molecular flexibility index (Phi) is 4.89. The summed E-state index contributed by atoms with van der Waals surface area (Å²) in [5.41, 5.74) is 0.209. The first-order valence-electron chi connectivity index (χ1n) is 9.48. The van der Waals surface area contributed by atoms with Gasteiger partial charge in [-0.25, -0.2) is 13.1 Å². The van der Waals surface area contributed by atoms with Crippen molar-refractivity contribution in [3.63, 3.8) is 0 Å². The number of benzene rings is 2. The maximum absolute atomic E-state index is 13.2. The van der Waals surface area contributed by atoms with E-state index in [0.29, 0.717) is 34.4 Å². The van der Waals surface area contributed by atoms with Gasteiger partial charge in [-0.05, 0) is 38.1 Å². The molecule has 156 valence electrons. The molecule has 1 atom stereocenters. The number of hydrogen-bond donors (Lipinski definition) is 1. The van der Waals surface area contributed by atoms with Gasteiger partial charge in [-0.3, -0.25) is 9.78 Å². The SMILES string of the molecule is COc1cccc2c1C(C(=O)NS(=O)(=O)c1cccc3cccnc13)CC(C)(C)O2. The average molecular weight is 426 g/mol. The lowest BCUT2D eigenvalue weighted by Crippen LogP contribution is -2.42. The molecule has 0 aliphatic carbocycles. The zero-order valence-electron chi connectivity index (χ0n) is 16.9. The number of para-hydroxylation sites is 1. The Balaban J connectivity index is 1.74. The predicted molar refractivity (Wildman–Crippen MR) is 112 cm³/mol. The number of fused-ring (bicyclic) bond motifs is 2. The molecule has 1 aliphatic heterocycles. The number of aromatic nitrogens is 1. The smallest absolute Gasteiger partial charge is 0.266 e. The van der Waals surface area contributed by atoms with E-state index in [-0.39, 0.29) is 4.90 Å². The third-order valence-corrected chi connectivity index (χ3v) is 6.49. The monoisotopic (exact) mass is 426 g/mol. The quantitative estimate of drug-likeness (QED) is 0.687. The summed E-state index contributed by atoms with van der Waals surface area (Å²) >= 11 is 0. The Hall–Kier alpha value is -3.13. The number of pyridine rings is 1. The predicted octanol–water partition coefficient (Wildman–Crippen LogP) is 3.39. The molecule has 7 nitrogen and oxygen atoms in total. The van der Waals surface area contributed by atoms with Crippen molar-refractivity contribution in [1.82, 2.24) is 9.71 Å². The third kappa shape index (κ3) is 3.59. The van der Waals surface area contributed by atoms with Gasteiger partial charge in [0.15, 0.2) is 0 Å². The Morgan fingerprint density at radius 1 is 1.17 bits per heavy atom. The zero-order valence-corrected chi connectivity index (χ0v) is 17.7. The van der Waals surface area contributed by atoms with E-state index in [4.69, 9.17) is 9.47 Å². The number of carbonyl (C=O) groups is 1. The van der Waals surface area contributed by atoms with E-state index >= 15 is 0 Å². The molecule has 0 radical (unpaired) electrons. The van der Waals surface area contributed by atoms with Crippen molar-refractivity contribution < 1.29 is 22.7 Å². The highest BCUT2D eigenvalue weighted by Crippen LogP contribution is 2.45. The minimum absolute atomic E-state index is 0.0412. The molecule has 2 aromatic carbocycles. The highest BCUT2D eigenvalue weighted by molar-refractivity contribution is 7.90. The van der Waals surface area contributed by atoms with Crippen molar-refractivity contribution in [1.29, 1.82) is 0 Å². The first kappa shape index (κ1) is 20.2. The van der Waals surface area contributed by atoms with E-state index in [1.807, 2.05) is 13.8 Å². The molecule has 1 amide bonds. The van der Waals surface area contributed by atoms with Crippen molar-refractivity contribution in [3.8, 4) is 11.5 Å². The van der Waals surface area contributed by atoms with Gasteiger partial charge in [0.2, 0.25) is 5.91 Å². The van der Waals surface area contributed by atoms with Crippen LogP contribution in [0.2, 0.25) is 0 Å². The van der Waals surface area contributed by atoms with E-state index in [1.165, 1.54) is 19.4 Å². The Labute approximate surface area is 175 Å². The molecule has 1 unspecified atom stereocenters. The largest absolute Gasteiger partial charge is 0.496 e. The molecule has 8 heteroatoms. The molecule has 4 rings (SSSR count). The van der Waals surface area contributed by atoms with Gasteiger partial charge in [-0.1, -0.05) is 24.3 Å². The number of amides is 1. The van der Waals surface area contributed by atoms with Gasteiger partial charge in [-0.15, -0.1) is 0 Å².